The highest BCUT2D eigenvalue weighted by Crippen LogP contribution is 2.25. The maximum absolute atomic E-state index is 14.1. The molecule has 0 unspecified atom stereocenters. The SMILES string of the molecule is COc1ccccc1CN1CCC(N(C)C[C@@H](O)[C@H](Cc2ccccc2)NC(=O)c2cc(C(=O)N[C@H](C)c3ccccc3)cc(N(C)S(C)(=O)=O)c2)CC1. The number of aliphatic hydroxyl groups excluding tert-OH is 1. The molecule has 288 valence electrons. The fourth-order valence-corrected chi connectivity index (χ4v) is 7.41. The van der Waals surface area contributed by atoms with Crippen LogP contribution in [-0.4, -0.2) is 100 Å². The molecule has 1 saturated heterocycles. The Bertz CT molecular complexity index is 1950. The van der Waals surface area contributed by atoms with Gasteiger partial charge in [-0.3, -0.25) is 18.8 Å². The van der Waals surface area contributed by atoms with Gasteiger partial charge in [0.1, 0.15) is 5.75 Å². The molecule has 1 heterocycles. The Labute approximate surface area is 320 Å². The monoisotopic (exact) mass is 755 g/mol. The van der Waals surface area contributed by atoms with Gasteiger partial charge in [-0.25, -0.2) is 8.42 Å². The van der Waals surface area contributed by atoms with Gasteiger partial charge in [-0.05, 0) is 81.7 Å². The van der Waals surface area contributed by atoms with Crippen LogP contribution in [0, 0.1) is 0 Å². The largest absolute Gasteiger partial charge is 0.496 e. The van der Waals surface area contributed by atoms with Crippen LogP contribution in [0.1, 0.15) is 63.2 Å². The number of nitrogens with one attached hydrogen (secondary N) is 2. The number of hydrogen-bond acceptors (Lipinski definition) is 8. The van der Waals surface area contributed by atoms with Gasteiger partial charge in [0.2, 0.25) is 10.0 Å². The molecule has 11 nitrogen and oxygen atoms in total. The average molecular weight is 756 g/mol. The van der Waals surface area contributed by atoms with Crippen molar-refractivity contribution in [2.45, 2.75) is 57.0 Å². The van der Waals surface area contributed by atoms with Gasteiger partial charge in [0.15, 0.2) is 0 Å². The van der Waals surface area contributed by atoms with Crippen molar-refractivity contribution in [3.8, 4) is 5.75 Å². The number of likely N-dealkylation sites (tertiary alicyclic amines) is 1. The van der Waals surface area contributed by atoms with E-state index >= 15 is 0 Å². The maximum atomic E-state index is 14.1. The molecule has 1 aliphatic rings. The predicted octanol–water partition coefficient (Wildman–Crippen LogP) is 4.88. The topological polar surface area (TPSA) is 132 Å². The van der Waals surface area contributed by atoms with Crippen molar-refractivity contribution >= 4 is 27.5 Å². The van der Waals surface area contributed by atoms with E-state index in [0.717, 1.165) is 65.5 Å². The lowest BCUT2D eigenvalue weighted by molar-refractivity contribution is 0.0492. The van der Waals surface area contributed by atoms with E-state index < -0.39 is 34.0 Å². The van der Waals surface area contributed by atoms with Crippen molar-refractivity contribution < 1.29 is 27.9 Å². The zero-order valence-corrected chi connectivity index (χ0v) is 32.6. The maximum Gasteiger partial charge on any atom is 0.251 e. The van der Waals surface area contributed by atoms with Crippen LogP contribution in [0.4, 0.5) is 5.69 Å². The van der Waals surface area contributed by atoms with Crippen LogP contribution in [-0.2, 0) is 23.0 Å². The van der Waals surface area contributed by atoms with Gasteiger partial charge in [0.25, 0.3) is 11.8 Å². The third-order valence-corrected chi connectivity index (χ3v) is 11.5. The molecule has 0 bridgehead atoms. The number of nitrogens with zero attached hydrogens (tertiary/aromatic N) is 3. The molecule has 0 aromatic heterocycles. The summed E-state index contributed by atoms with van der Waals surface area (Å²) in [5.41, 5.74) is 3.39. The van der Waals surface area contributed by atoms with Gasteiger partial charge in [-0.15, -0.1) is 0 Å². The number of benzene rings is 4. The second kappa shape index (κ2) is 18.5. The number of piperidine rings is 1. The molecular weight excluding hydrogens is 703 g/mol. The van der Waals surface area contributed by atoms with E-state index in [1.54, 1.807) is 7.11 Å². The number of ether oxygens (including phenoxy) is 1. The highest BCUT2D eigenvalue weighted by molar-refractivity contribution is 7.92. The smallest absolute Gasteiger partial charge is 0.251 e. The molecule has 4 aromatic carbocycles. The number of likely N-dealkylation sites (N-methyl/N-ethyl adjacent to an activating group) is 1. The second-order valence-corrected chi connectivity index (χ2v) is 16.2. The van der Waals surface area contributed by atoms with Gasteiger partial charge in [0, 0.05) is 42.9 Å². The quantitative estimate of drug-likeness (QED) is 0.148. The number of aliphatic hydroxyl groups is 1. The van der Waals surface area contributed by atoms with E-state index in [0.29, 0.717) is 13.0 Å². The van der Waals surface area contributed by atoms with Crippen molar-refractivity contribution in [2.24, 2.45) is 0 Å². The first-order chi connectivity index (χ1) is 25.8. The first-order valence-corrected chi connectivity index (χ1v) is 20.2. The molecule has 0 spiro atoms. The zero-order valence-electron chi connectivity index (χ0n) is 31.8. The summed E-state index contributed by atoms with van der Waals surface area (Å²) in [4.78, 5) is 32.2. The molecule has 2 amide bonds. The molecule has 12 heteroatoms. The van der Waals surface area contributed by atoms with Gasteiger partial charge < -0.3 is 25.4 Å². The number of anilines is 1. The van der Waals surface area contributed by atoms with Crippen molar-refractivity contribution in [1.29, 1.82) is 0 Å². The van der Waals surface area contributed by atoms with Gasteiger partial charge in [0.05, 0.1) is 37.2 Å². The zero-order chi connectivity index (χ0) is 38.8. The van der Waals surface area contributed by atoms with Crippen molar-refractivity contribution in [3.05, 3.63) is 131 Å². The van der Waals surface area contributed by atoms with Crippen LogP contribution in [0.3, 0.4) is 0 Å². The number of rotatable bonds is 16. The Kier molecular flexibility index (Phi) is 13.9. The number of carbonyl (C=O) groups is 2. The molecule has 3 atom stereocenters. The molecule has 54 heavy (non-hydrogen) atoms. The number of amides is 2. The average Bonchev–Trinajstić information content (AvgIpc) is 3.17. The fourth-order valence-electron chi connectivity index (χ4n) is 6.92. The molecule has 1 aliphatic heterocycles. The van der Waals surface area contributed by atoms with Crippen molar-refractivity contribution in [3.63, 3.8) is 0 Å². The van der Waals surface area contributed by atoms with Crippen LogP contribution in [0.15, 0.2) is 103 Å². The third-order valence-electron chi connectivity index (χ3n) is 10.3. The number of sulfonamides is 1. The summed E-state index contributed by atoms with van der Waals surface area (Å²) in [5.74, 6) is -0.102. The van der Waals surface area contributed by atoms with Crippen LogP contribution in [0.25, 0.3) is 0 Å². The standard InChI is InChI=1S/C42H53N5O6S/c1-30(32-16-10-7-11-17-32)43-41(49)34-25-35(27-37(26-34)46(3)54(5,51)52)42(50)44-38(24-31-14-8-6-9-15-31)39(48)29-45(2)36-20-22-47(23-21-36)28-33-18-12-13-19-40(33)53-4/h6-19,25-27,30,36,38-39,48H,20-24,28-29H2,1-5H3,(H,43,49)(H,44,50)/t30-,38+,39-/m1/s1. The number of methoxy groups -OCH3 is 1. The van der Waals surface area contributed by atoms with Crippen LogP contribution < -0.4 is 19.7 Å². The van der Waals surface area contributed by atoms with Crippen molar-refractivity contribution in [2.75, 3.05) is 51.4 Å². The Balaban J connectivity index is 1.31. The van der Waals surface area contributed by atoms with Gasteiger partial charge in [-0.2, -0.15) is 0 Å². The molecule has 0 radical (unpaired) electrons. The lowest BCUT2D eigenvalue weighted by Gasteiger charge is -2.38. The van der Waals surface area contributed by atoms with Crippen molar-refractivity contribution in [1.82, 2.24) is 20.4 Å². The number of hydrogen-bond donors (Lipinski definition) is 3. The van der Waals surface area contributed by atoms with E-state index in [2.05, 4.69) is 26.5 Å². The van der Waals surface area contributed by atoms with Crippen LogP contribution in [0.5, 0.6) is 5.75 Å². The summed E-state index contributed by atoms with van der Waals surface area (Å²) < 4.78 is 31.7. The molecule has 4 aromatic rings. The van der Waals surface area contributed by atoms with E-state index in [1.165, 1.54) is 25.2 Å². The number of para-hydroxylation sites is 1. The Morgan fingerprint density at radius 3 is 2.06 bits per heavy atom. The summed E-state index contributed by atoms with van der Waals surface area (Å²) in [6.07, 6.45) is 2.36. The fraction of sp³-hybridized carbons (Fsp3) is 0.381. The summed E-state index contributed by atoms with van der Waals surface area (Å²) in [5, 5.41) is 17.7. The van der Waals surface area contributed by atoms with Crippen LogP contribution >= 0.6 is 0 Å². The van der Waals surface area contributed by atoms with E-state index in [-0.39, 0.29) is 28.9 Å². The lowest BCUT2D eigenvalue weighted by Crippen LogP contribution is -2.52. The summed E-state index contributed by atoms with van der Waals surface area (Å²) >= 11 is 0. The minimum absolute atomic E-state index is 0.0987. The molecule has 0 aliphatic carbocycles. The minimum Gasteiger partial charge on any atom is -0.496 e. The Hall–Kier alpha value is -4.75. The first kappa shape index (κ1) is 40.4. The predicted molar refractivity (Wildman–Crippen MR) is 213 cm³/mol. The molecular formula is C42H53N5O6S. The molecule has 5 rings (SSSR count). The Morgan fingerprint density at radius 2 is 1.44 bits per heavy atom. The minimum atomic E-state index is -3.72. The third kappa shape index (κ3) is 10.9. The van der Waals surface area contributed by atoms with Gasteiger partial charge in [-0.1, -0.05) is 78.9 Å². The number of carbonyl (C=O) groups excluding carboxylic acids is 2. The van der Waals surface area contributed by atoms with E-state index in [1.807, 2.05) is 92.8 Å². The van der Waals surface area contributed by atoms with E-state index in [4.69, 9.17) is 4.74 Å². The summed E-state index contributed by atoms with van der Waals surface area (Å²) in [6, 6.07) is 30.8. The van der Waals surface area contributed by atoms with Crippen LogP contribution in [0.2, 0.25) is 0 Å². The second-order valence-electron chi connectivity index (χ2n) is 14.2. The summed E-state index contributed by atoms with van der Waals surface area (Å²) in [7, 11) is 1.36. The first-order valence-electron chi connectivity index (χ1n) is 18.3. The van der Waals surface area contributed by atoms with E-state index in [9.17, 15) is 23.1 Å². The Morgan fingerprint density at radius 1 is 0.870 bits per heavy atom. The van der Waals surface area contributed by atoms with Gasteiger partial charge >= 0.3 is 0 Å². The normalized spacial score (nSPS) is 15.6. The lowest BCUT2D eigenvalue weighted by atomic mass is 9.98. The molecule has 3 N–H and O–H groups in total. The highest BCUT2D eigenvalue weighted by Gasteiger charge is 2.29. The highest BCUT2D eigenvalue weighted by atomic mass is 32.2. The summed E-state index contributed by atoms with van der Waals surface area (Å²) in [6.45, 7) is 4.81. The molecule has 1 fully saturated rings. The molecule has 0 saturated carbocycles.